The fourth-order valence-electron chi connectivity index (χ4n) is 4.30. The number of benzene rings is 1. The molecular formula is C28H46N4O6. The summed E-state index contributed by atoms with van der Waals surface area (Å²) in [6.45, 7) is 10.3. The molecule has 2 aliphatic heterocycles. The molecule has 10 heteroatoms. The predicted molar refractivity (Wildman–Crippen MR) is 147 cm³/mol. The lowest BCUT2D eigenvalue weighted by atomic mass is 10.1. The number of aliphatic hydroxyl groups is 2. The molecule has 0 amide bonds. The minimum absolute atomic E-state index is 0.277. The van der Waals surface area contributed by atoms with Gasteiger partial charge in [-0.1, -0.05) is 51.0 Å². The Kier molecular flexibility index (Phi) is 13.9. The van der Waals surface area contributed by atoms with Gasteiger partial charge in [0.2, 0.25) is 0 Å². The van der Waals surface area contributed by atoms with E-state index in [1.165, 1.54) is 0 Å². The number of aliphatic imine (C=N–C) groups is 2. The van der Waals surface area contributed by atoms with Crippen molar-refractivity contribution in [3.05, 3.63) is 35.4 Å². The summed E-state index contributed by atoms with van der Waals surface area (Å²) in [6.07, 6.45) is 2.77. The van der Waals surface area contributed by atoms with Crippen molar-refractivity contribution in [2.24, 2.45) is 9.98 Å². The normalized spacial score (nSPS) is 16.7. The first-order chi connectivity index (χ1) is 18.6. The summed E-state index contributed by atoms with van der Waals surface area (Å²) in [5.41, 5.74) is 2.13. The zero-order valence-electron chi connectivity index (χ0n) is 23.1. The Morgan fingerprint density at radius 2 is 1.37 bits per heavy atom. The van der Waals surface area contributed by atoms with Crippen molar-refractivity contribution in [2.45, 2.75) is 64.8 Å². The zero-order chi connectivity index (χ0) is 27.0. The quantitative estimate of drug-likeness (QED) is 0.277. The molecule has 0 saturated heterocycles. The first kappa shape index (κ1) is 30.3. The molecule has 0 aliphatic carbocycles. The van der Waals surface area contributed by atoms with Gasteiger partial charge in [0.1, 0.15) is 13.2 Å². The van der Waals surface area contributed by atoms with Crippen LogP contribution in [0.25, 0.3) is 0 Å². The monoisotopic (exact) mass is 534 g/mol. The van der Waals surface area contributed by atoms with Gasteiger partial charge < -0.3 is 29.2 Å². The van der Waals surface area contributed by atoms with Gasteiger partial charge >= 0.3 is 0 Å². The molecule has 1 aromatic rings. The van der Waals surface area contributed by atoms with Crippen molar-refractivity contribution in [3.63, 3.8) is 0 Å². The van der Waals surface area contributed by atoms with Gasteiger partial charge in [-0.15, -0.1) is 0 Å². The van der Waals surface area contributed by atoms with Crippen LogP contribution < -0.4 is 0 Å². The molecule has 2 aliphatic rings. The van der Waals surface area contributed by atoms with E-state index in [-0.39, 0.29) is 13.2 Å². The SMILES string of the molecule is CCCCOCC(O)CN(Cc1cccc(CN(C2=NCCO2)C2=NCCO2)c1)CC(O)COCCCC. The average Bonchev–Trinajstić information content (AvgIpc) is 3.63. The van der Waals surface area contributed by atoms with Crippen LogP contribution in [-0.2, 0) is 32.0 Å². The largest absolute Gasteiger partial charge is 0.463 e. The van der Waals surface area contributed by atoms with Crippen molar-refractivity contribution in [1.29, 1.82) is 0 Å². The molecule has 0 fully saturated rings. The third-order valence-electron chi connectivity index (χ3n) is 6.18. The van der Waals surface area contributed by atoms with Gasteiger partial charge in [-0.25, -0.2) is 14.9 Å². The van der Waals surface area contributed by atoms with Crippen LogP contribution in [-0.4, -0.2) is 110 Å². The maximum absolute atomic E-state index is 10.6. The molecule has 2 atom stereocenters. The Labute approximate surface area is 227 Å². The lowest BCUT2D eigenvalue weighted by Crippen LogP contribution is -2.40. The number of nitrogens with zero attached hydrogens (tertiary/aromatic N) is 4. The summed E-state index contributed by atoms with van der Waals surface area (Å²) in [7, 11) is 0. The summed E-state index contributed by atoms with van der Waals surface area (Å²) in [5.74, 6) is 0. The number of aliphatic hydroxyl groups excluding tert-OH is 2. The van der Waals surface area contributed by atoms with E-state index in [1.54, 1.807) is 0 Å². The number of hydrogen-bond donors (Lipinski definition) is 2. The van der Waals surface area contributed by atoms with Crippen LogP contribution in [0.15, 0.2) is 34.3 Å². The van der Waals surface area contributed by atoms with Crippen LogP contribution in [0.1, 0.15) is 50.7 Å². The maximum atomic E-state index is 10.6. The van der Waals surface area contributed by atoms with E-state index in [9.17, 15) is 10.2 Å². The topological polar surface area (TPSA) is 109 Å². The number of unbranched alkanes of at least 4 members (excludes halogenated alkanes) is 2. The minimum atomic E-state index is -0.645. The highest BCUT2D eigenvalue weighted by Crippen LogP contribution is 2.16. The lowest BCUT2D eigenvalue weighted by molar-refractivity contribution is -0.0127. The molecule has 214 valence electrons. The lowest BCUT2D eigenvalue weighted by Gasteiger charge is -2.28. The number of amidine groups is 2. The van der Waals surface area contributed by atoms with Crippen molar-refractivity contribution >= 4 is 12.0 Å². The Morgan fingerprint density at radius 3 is 1.84 bits per heavy atom. The van der Waals surface area contributed by atoms with Crippen LogP contribution in [0.4, 0.5) is 0 Å². The molecule has 2 unspecified atom stereocenters. The second-order valence-electron chi connectivity index (χ2n) is 9.79. The molecule has 3 rings (SSSR count). The van der Waals surface area contributed by atoms with E-state index in [0.717, 1.165) is 36.8 Å². The molecule has 38 heavy (non-hydrogen) atoms. The van der Waals surface area contributed by atoms with Crippen LogP contribution in [0.3, 0.4) is 0 Å². The second kappa shape index (κ2) is 17.4. The highest BCUT2D eigenvalue weighted by atomic mass is 16.5. The average molecular weight is 535 g/mol. The van der Waals surface area contributed by atoms with Gasteiger partial charge in [-0.2, -0.15) is 0 Å². The van der Waals surface area contributed by atoms with Crippen LogP contribution in [0, 0.1) is 0 Å². The Hall–Kier alpha value is -2.24. The molecule has 2 heterocycles. The standard InChI is InChI=1S/C28H46N4O6/c1-3-5-12-35-21-25(33)19-31(20-26(34)22-36-13-6-4-2)17-23-8-7-9-24(16-23)18-32(27-29-10-14-37-27)28-30-11-15-38-28/h7-9,16,25-26,33-34H,3-6,10-15,17-22H2,1-2H3. The van der Waals surface area contributed by atoms with E-state index in [0.29, 0.717) is 77.7 Å². The Bertz CT molecular complexity index is 824. The fraction of sp³-hybridized carbons (Fsp3) is 0.714. The highest BCUT2D eigenvalue weighted by Gasteiger charge is 2.26. The maximum Gasteiger partial charge on any atom is 0.296 e. The van der Waals surface area contributed by atoms with Crippen molar-refractivity contribution in [3.8, 4) is 0 Å². The Balaban J connectivity index is 1.63. The van der Waals surface area contributed by atoms with Gasteiger partial charge in [0.05, 0.1) is 45.1 Å². The van der Waals surface area contributed by atoms with E-state index in [2.05, 4.69) is 46.9 Å². The van der Waals surface area contributed by atoms with Crippen LogP contribution in [0.2, 0.25) is 0 Å². The number of ether oxygens (including phenoxy) is 4. The predicted octanol–water partition coefficient (Wildman–Crippen LogP) is 2.42. The molecule has 2 N–H and O–H groups in total. The number of hydrogen-bond acceptors (Lipinski definition) is 10. The molecule has 1 aromatic carbocycles. The molecule has 0 spiro atoms. The third-order valence-corrected chi connectivity index (χ3v) is 6.18. The molecule has 0 radical (unpaired) electrons. The summed E-state index contributed by atoms with van der Waals surface area (Å²) >= 11 is 0. The van der Waals surface area contributed by atoms with Crippen LogP contribution in [0.5, 0.6) is 0 Å². The molecule has 0 saturated carbocycles. The summed E-state index contributed by atoms with van der Waals surface area (Å²) in [4.78, 5) is 12.9. The smallest absolute Gasteiger partial charge is 0.296 e. The Morgan fingerprint density at radius 1 is 0.842 bits per heavy atom. The van der Waals surface area contributed by atoms with Gasteiger partial charge in [0.15, 0.2) is 0 Å². The molecule has 0 bridgehead atoms. The first-order valence-corrected chi connectivity index (χ1v) is 14.0. The van der Waals surface area contributed by atoms with Gasteiger partial charge in [0, 0.05) is 32.8 Å². The van der Waals surface area contributed by atoms with Crippen molar-refractivity contribution in [2.75, 3.05) is 65.8 Å². The molecule has 0 aromatic heterocycles. The summed E-state index contributed by atoms with van der Waals surface area (Å²) in [5, 5.41) is 21.3. The summed E-state index contributed by atoms with van der Waals surface area (Å²) in [6, 6.07) is 9.33. The number of rotatable bonds is 18. The minimum Gasteiger partial charge on any atom is -0.463 e. The molecular weight excluding hydrogens is 488 g/mol. The highest BCUT2D eigenvalue weighted by molar-refractivity contribution is 5.94. The van der Waals surface area contributed by atoms with E-state index >= 15 is 0 Å². The van der Waals surface area contributed by atoms with Crippen molar-refractivity contribution in [1.82, 2.24) is 9.80 Å². The third kappa shape index (κ3) is 10.9. The second-order valence-corrected chi connectivity index (χ2v) is 9.79. The zero-order valence-corrected chi connectivity index (χ0v) is 23.1. The summed E-state index contributed by atoms with van der Waals surface area (Å²) < 4.78 is 22.7. The fourth-order valence-corrected chi connectivity index (χ4v) is 4.30. The van der Waals surface area contributed by atoms with Gasteiger partial charge in [-0.05, 0) is 24.0 Å². The van der Waals surface area contributed by atoms with E-state index < -0.39 is 12.2 Å². The van der Waals surface area contributed by atoms with E-state index in [4.69, 9.17) is 18.9 Å². The van der Waals surface area contributed by atoms with Crippen LogP contribution >= 0.6 is 0 Å². The first-order valence-electron chi connectivity index (χ1n) is 14.0. The van der Waals surface area contributed by atoms with Gasteiger partial charge in [0.25, 0.3) is 12.0 Å². The van der Waals surface area contributed by atoms with Gasteiger partial charge in [-0.3, -0.25) is 4.90 Å². The molecule has 10 nitrogen and oxygen atoms in total. The van der Waals surface area contributed by atoms with E-state index in [1.807, 2.05) is 11.0 Å². The van der Waals surface area contributed by atoms with Crippen molar-refractivity contribution < 1.29 is 29.2 Å².